The van der Waals surface area contributed by atoms with Crippen LogP contribution in [0.2, 0.25) is 19.6 Å². The Hall–Kier alpha value is -4.68. The van der Waals surface area contributed by atoms with Crippen LogP contribution in [0.1, 0.15) is 30.6 Å². The predicted octanol–water partition coefficient (Wildman–Crippen LogP) is 10.4. The smallest absolute Gasteiger partial charge is 0.216 e. The van der Waals surface area contributed by atoms with Crippen molar-refractivity contribution in [2.24, 2.45) is 5.92 Å². The molecule has 4 aromatic heterocycles. The normalized spacial score (nSPS) is 13.0. The summed E-state index contributed by atoms with van der Waals surface area (Å²) in [5, 5.41) is 2.90. The summed E-state index contributed by atoms with van der Waals surface area (Å²) in [7, 11) is -1.89. The third-order valence-electron chi connectivity index (χ3n) is 8.28. The number of benzene rings is 4. The first-order valence-corrected chi connectivity index (χ1v) is 19.9. The second kappa shape index (κ2) is 14.7. The number of hydrogen-bond acceptors (Lipinski definition) is 4. The predicted molar refractivity (Wildman–Crippen MR) is 205 cm³/mol. The van der Waals surface area contributed by atoms with Crippen molar-refractivity contribution in [3.05, 3.63) is 139 Å². The molecule has 0 saturated carbocycles. The Morgan fingerprint density at radius 3 is 2.38 bits per heavy atom. The Bertz CT molecular complexity index is 2550. The molecule has 0 amide bonds. The van der Waals surface area contributed by atoms with Gasteiger partial charge in [-0.2, -0.15) is 0 Å². The van der Waals surface area contributed by atoms with E-state index in [1.54, 1.807) is 12.3 Å². The van der Waals surface area contributed by atoms with E-state index in [0.29, 0.717) is 28.2 Å². The van der Waals surface area contributed by atoms with Crippen molar-refractivity contribution in [3.8, 4) is 28.3 Å². The molecule has 0 spiro atoms. The maximum Gasteiger partial charge on any atom is 0.216 e. The molecule has 0 N–H and O–H groups in total. The molecule has 0 aliphatic heterocycles. The fraction of sp³-hybridized carbons (Fsp3) is 0.186. The Morgan fingerprint density at radius 1 is 0.860 bits per heavy atom. The van der Waals surface area contributed by atoms with Gasteiger partial charge in [-0.15, -0.1) is 54.1 Å². The maximum absolute atomic E-state index is 8.63. The number of para-hydroxylation sites is 3. The van der Waals surface area contributed by atoms with Gasteiger partial charge in [0.25, 0.3) is 0 Å². The first-order valence-electron chi connectivity index (χ1n) is 18.6. The molecule has 0 aliphatic carbocycles. The van der Waals surface area contributed by atoms with Gasteiger partial charge in [0, 0.05) is 48.6 Å². The van der Waals surface area contributed by atoms with Crippen LogP contribution in [0.25, 0.3) is 61.4 Å². The molecule has 4 aromatic carbocycles. The van der Waals surface area contributed by atoms with Gasteiger partial charge >= 0.3 is 0 Å². The van der Waals surface area contributed by atoms with Crippen LogP contribution in [-0.4, -0.2) is 27.6 Å². The van der Waals surface area contributed by atoms with Gasteiger partial charge in [-0.1, -0.05) is 86.4 Å². The van der Waals surface area contributed by atoms with E-state index in [-0.39, 0.29) is 26.0 Å². The number of imidazole rings is 1. The molecule has 1 radical (unpaired) electrons. The molecule has 7 heteroatoms. The van der Waals surface area contributed by atoms with E-state index in [0.717, 1.165) is 49.7 Å². The number of pyridine rings is 2. The number of rotatable bonds is 6. The number of nitrogens with zero attached hydrogens (tertiary/aromatic N) is 4. The molecule has 8 aromatic rings. The first kappa shape index (κ1) is 30.2. The molecule has 0 bridgehead atoms. The second-order valence-corrected chi connectivity index (χ2v) is 18.3. The summed E-state index contributed by atoms with van der Waals surface area (Å²) in [4.78, 5) is 13.9. The average Bonchev–Trinajstić information content (AvgIpc) is 3.74. The summed E-state index contributed by atoms with van der Waals surface area (Å²) in [6.07, 6.45) is 0.186. The number of aryl methyl sites for hydroxylation is 1. The summed E-state index contributed by atoms with van der Waals surface area (Å²) in [5.41, 5.74) is 7.41. The Kier molecular flexibility index (Phi) is 8.84. The van der Waals surface area contributed by atoms with Crippen molar-refractivity contribution < 1.29 is 30.0 Å². The standard InChI is InChI=1S/C24H14N3O.C19H26NSi.Ir/c1-2-8-16(9-3-1)27-21-14-5-4-13-20(21)26-23(27)19-11-6-10-17-18-12-7-15-25-24(18)28-22(17)19;1-14(2)12-17-13-18(21(4,5)6)15(3)20-19(17)16-10-8-7-9-11-16;/h1-10,12-15H;7-10,13-14H,12H2,1-6H3;/q2*-1;/i;3D2,12D2;. The first-order chi connectivity index (χ1) is 25.4. The zero-order valence-electron chi connectivity index (χ0n) is 32.7. The van der Waals surface area contributed by atoms with Gasteiger partial charge in [0.1, 0.15) is 0 Å². The van der Waals surface area contributed by atoms with Crippen LogP contribution in [0.4, 0.5) is 0 Å². The SMILES string of the molecule is [2H]C([2H])c1nc(-c2[c-]cccc2)c(C([2H])([2H])C(C)C)cc1[Si](C)(C)C.[Ir].[c-]1ccc2c(oc3ncccc32)c1-c1nc2ccccc2n1-c1ccccc1. The van der Waals surface area contributed by atoms with Crippen molar-refractivity contribution in [3.63, 3.8) is 0 Å². The second-order valence-electron chi connectivity index (χ2n) is 13.3. The van der Waals surface area contributed by atoms with E-state index in [9.17, 15) is 0 Å². The van der Waals surface area contributed by atoms with Crippen LogP contribution < -0.4 is 5.19 Å². The van der Waals surface area contributed by atoms with E-state index < -0.39 is 21.3 Å². The van der Waals surface area contributed by atoms with Gasteiger partial charge < -0.3 is 14.0 Å². The average molecular weight is 853 g/mol. The fourth-order valence-corrected chi connectivity index (χ4v) is 7.47. The number of aromatic nitrogens is 4. The summed E-state index contributed by atoms with van der Waals surface area (Å²) >= 11 is 0. The third kappa shape index (κ3) is 6.99. The van der Waals surface area contributed by atoms with E-state index in [2.05, 4.69) is 64.5 Å². The monoisotopic (exact) mass is 853 g/mol. The van der Waals surface area contributed by atoms with Gasteiger partial charge in [-0.25, -0.2) is 4.98 Å². The number of hydrogen-bond donors (Lipinski definition) is 0. The summed E-state index contributed by atoms with van der Waals surface area (Å²) in [6.45, 7) is 8.94. The molecule has 0 fully saturated rings. The fourth-order valence-electron chi connectivity index (χ4n) is 6.07. The molecule has 0 atom stereocenters. The quantitative estimate of drug-likeness (QED) is 0.124. The molecule has 0 unspecified atom stereocenters. The van der Waals surface area contributed by atoms with Crippen LogP contribution in [0.15, 0.2) is 120 Å². The zero-order chi connectivity index (χ0) is 37.5. The van der Waals surface area contributed by atoms with Crippen LogP contribution in [0.5, 0.6) is 0 Å². The number of furan rings is 1. The topological polar surface area (TPSA) is 56.7 Å². The van der Waals surface area contributed by atoms with E-state index in [4.69, 9.17) is 14.9 Å². The molecule has 0 aliphatic rings. The molecule has 253 valence electrons. The van der Waals surface area contributed by atoms with Gasteiger partial charge in [-0.3, -0.25) is 4.98 Å². The van der Waals surface area contributed by atoms with Gasteiger partial charge in [-0.05, 0) is 66.4 Å². The minimum absolute atomic E-state index is 0. The van der Waals surface area contributed by atoms with E-state index >= 15 is 0 Å². The molecule has 4 heterocycles. The molecule has 0 saturated heterocycles. The largest absolute Gasteiger partial charge is 0.486 e. The maximum atomic E-state index is 8.63. The van der Waals surface area contributed by atoms with Gasteiger partial charge in [0.2, 0.25) is 5.71 Å². The van der Waals surface area contributed by atoms with Crippen molar-refractivity contribution in [1.82, 2.24) is 19.5 Å². The summed E-state index contributed by atoms with van der Waals surface area (Å²) in [6, 6.07) is 42.0. The van der Waals surface area contributed by atoms with Gasteiger partial charge in [0.05, 0.1) is 30.5 Å². The van der Waals surface area contributed by atoms with E-state index in [1.165, 1.54) is 0 Å². The Morgan fingerprint density at radius 2 is 1.64 bits per heavy atom. The zero-order valence-corrected chi connectivity index (χ0v) is 32.0. The van der Waals surface area contributed by atoms with Crippen molar-refractivity contribution in [2.45, 2.75) is 46.7 Å². The minimum Gasteiger partial charge on any atom is -0.486 e. The molecule has 5 nitrogen and oxygen atoms in total. The minimum atomic E-state index is -1.89. The van der Waals surface area contributed by atoms with Crippen LogP contribution in [-0.2, 0) is 26.5 Å². The Labute approximate surface area is 314 Å². The molecular formula is C43H40IrN4OSi-2. The molecule has 50 heavy (non-hydrogen) atoms. The molecular weight excluding hydrogens is 809 g/mol. The third-order valence-corrected chi connectivity index (χ3v) is 10.3. The molecule has 8 rings (SSSR count). The van der Waals surface area contributed by atoms with Crippen molar-refractivity contribution >= 4 is 46.4 Å². The Balaban J connectivity index is 0.000000183. The van der Waals surface area contributed by atoms with Crippen LogP contribution >= 0.6 is 0 Å². The summed E-state index contributed by atoms with van der Waals surface area (Å²) in [5.74, 6) is 0.581. The van der Waals surface area contributed by atoms with Crippen LogP contribution in [0.3, 0.4) is 0 Å². The van der Waals surface area contributed by atoms with E-state index in [1.807, 2.05) is 98.8 Å². The van der Waals surface area contributed by atoms with Crippen molar-refractivity contribution in [2.75, 3.05) is 0 Å². The van der Waals surface area contributed by atoms with Gasteiger partial charge in [0.15, 0.2) is 0 Å². The number of fused-ring (bicyclic) bond motifs is 4. The van der Waals surface area contributed by atoms with Crippen molar-refractivity contribution in [1.29, 1.82) is 0 Å². The summed E-state index contributed by atoms with van der Waals surface area (Å²) < 4.78 is 41.4. The van der Waals surface area contributed by atoms with Crippen LogP contribution in [0, 0.1) is 24.9 Å².